The quantitative estimate of drug-likeness (QED) is 0.798. The Morgan fingerprint density at radius 3 is 2.94 bits per heavy atom. The molecule has 1 amide bonds. The molecule has 2 heterocycles. The number of carbonyl (C=O) groups excluding carboxylic acids is 1. The molecule has 0 aliphatic carbocycles. The lowest BCUT2D eigenvalue weighted by Crippen LogP contribution is -2.57. The Balaban J connectivity index is 1.99. The number of hydrogen-bond donors (Lipinski definition) is 1. The second-order valence-corrected chi connectivity index (χ2v) is 4.26. The largest absolute Gasteiger partial charge is 0.340 e. The maximum Gasteiger partial charge on any atom is 0.228 e. The van der Waals surface area contributed by atoms with E-state index in [1.165, 1.54) is 0 Å². The Morgan fingerprint density at radius 1 is 1.62 bits per heavy atom. The van der Waals surface area contributed by atoms with E-state index >= 15 is 0 Å². The Labute approximate surface area is 95.7 Å². The van der Waals surface area contributed by atoms with Crippen LogP contribution in [0.1, 0.15) is 11.3 Å². The summed E-state index contributed by atoms with van der Waals surface area (Å²) in [7, 11) is 1.87. The van der Waals surface area contributed by atoms with Crippen molar-refractivity contribution in [2.45, 2.75) is 19.4 Å². The van der Waals surface area contributed by atoms with Crippen molar-refractivity contribution in [1.82, 2.24) is 15.2 Å². The third kappa shape index (κ3) is 2.22. The highest BCUT2D eigenvalue weighted by Gasteiger charge is 2.25. The number of nitrogens with one attached hydrogen (secondary N) is 1. The van der Waals surface area contributed by atoms with Gasteiger partial charge >= 0.3 is 0 Å². The lowest BCUT2D eigenvalue weighted by atomic mass is 10.1. The van der Waals surface area contributed by atoms with Crippen molar-refractivity contribution < 1.29 is 4.79 Å². The van der Waals surface area contributed by atoms with Crippen LogP contribution in [0.5, 0.6) is 0 Å². The van der Waals surface area contributed by atoms with Crippen molar-refractivity contribution in [2.75, 3.05) is 20.1 Å². The van der Waals surface area contributed by atoms with Crippen LogP contribution in [-0.2, 0) is 11.2 Å². The van der Waals surface area contributed by atoms with E-state index in [1.54, 1.807) is 6.20 Å². The van der Waals surface area contributed by atoms with Gasteiger partial charge in [0.25, 0.3) is 0 Å². The van der Waals surface area contributed by atoms with Crippen molar-refractivity contribution >= 4 is 5.91 Å². The van der Waals surface area contributed by atoms with E-state index in [1.807, 2.05) is 31.0 Å². The van der Waals surface area contributed by atoms with Gasteiger partial charge in [0.1, 0.15) is 0 Å². The molecule has 0 spiro atoms. The Hall–Kier alpha value is -1.42. The number of carbonyl (C=O) groups is 1. The first-order valence-electron chi connectivity index (χ1n) is 5.55. The zero-order valence-corrected chi connectivity index (χ0v) is 9.73. The molecule has 0 bridgehead atoms. The second-order valence-electron chi connectivity index (χ2n) is 4.26. The standard InChI is InChI=1S/C12H17N3O/c1-9-4-3-5-14-11(9)6-12(16)15(2)10-7-13-8-10/h3-5,10,13H,6-8H2,1-2H3. The van der Waals surface area contributed by atoms with Crippen molar-refractivity contribution in [1.29, 1.82) is 0 Å². The van der Waals surface area contributed by atoms with E-state index in [9.17, 15) is 4.79 Å². The van der Waals surface area contributed by atoms with Gasteiger partial charge in [0.2, 0.25) is 5.91 Å². The molecule has 4 heteroatoms. The second kappa shape index (κ2) is 4.61. The topological polar surface area (TPSA) is 45.2 Å². The van der Waals surface area contributed by atoms with Crippen LogP contribution in [0.4, 0.5) is 0 Å². The summed E-state index contributed by atoms with van der Waals surface area (Å²) >= 11 is 0. The minimum atomic E-state index is 0.147. The summed E-state index contributed by atoms with van der Waals surface area (Å²) in [5.41, 5.74) is 1.96. The Morgan fingerprint density at radius 2 is 2.38 bits per heavy atom. The fourth-order valence-electron chi connectivity index (χ4n) is 1.72. The van der Waals surface area contributed by atoms with Crippen molar-refractivity contribution in [3.8, 4) is 0 Å². The normalized spacial score (nSPS) is 15.6. The summed E-state index contributed by atoms with van der Waals surface area (Å²) in [4.78, 5) is 18.0. The van der Waals surface area contributed by atoms with Crippen molar-refractivity contribution in [3.05, 3.63) is 29.6 Å². The molecule has 1 N–H and O–H groups in total. The highest BCUT2D eigenvalue weighted by molar-refractivity contribution is 5.78. The maximum atomic E-state index is 12.0. The molecule has 0 aromatic carbocycles. The molecule has 16 heavy (non-hydrogen) atoms. The number of hydrogen-bond acceptors (Lipinski definition) is 3. The first-order valence-corrected chi connectivity index (χ1v) is 5.55. The van der Waals surface area contributed by atoms with Gasteiger partial charge in [0.05, 0.1) is 18.2 Å². The number of amides is 1. The number of rotatable bonds is 3. The lowest BCUT2D eigenvalue weighted by Gasteiger charge is -2.35. The van der Waals surface area contributed by atoms with Gasteiger partial charge in [-0.15, -0.1) is 0 Å². The van der Waals surface area contributed by atoms with Crippen LogP contribution in [0.25, 0.3) is 0 Å². The highest BCUT2D eigenvalue weighted by Crippen LogP contribution is 2.08. The number of likely N-dealkylation sites (N-methyl/N-ethyl adjacent to an activating group) is 1. The SMILES string of the molecule is Cc1cccnc1CC(=O)N(C)C1CNC1. The molecule has 1 aliphatic rings. The summed E-state index contributed by atoms with van der Waals surface area (Å²) < 4.78 is 0. The average Bonchev–Trinajstić information content (AvgIpc) is 2.18. The Kier molecular flexibility index (Phi) is 3.19. The number of aryl methyl sites for hydroxylation is 1. The monoisotopic (exact) mass is 219 g/mol. The van der Waals surface area contributed by atoms with Crippen LogP contribution < -0.4 is 5.32 Å². The minimum absolute atomic E-state index is 0.147. The van der Waals surface area contributed by atoms with E-state index in [4.69, 9.17) is 0 Å². The van der Waals surface area contributed by atoms with Gasteiger partial charge in [0, 0.05) is 26.3 Å². The molecule has 1 aromatic rings. The van der Waals surface area contributed by atoms with Gasteiger partial charge < -0.3 is 10.2 Å². The van der Waals surface area contributed by atoms with E-state index < -0.39 is 0 Å². The molecule has 0 saturated carbocycles. The van der Waals surface area contributed by atoms with Crippen LogP contribution in [0.3, 0.4) is 0 Å². The lowest BCUT2D eigenvalue weighted by molar-refractivity contribution is -0.132. The van der Waals surface area contributed by atoms with Gasteiger partial charge in [0.15, 0.2) is 0 Å². The van der Waals surface area contributed by atoms with Crippen LogP contribution in [0.2, 0.25) is 0 Å². The van der Waals surface area contributed by atoms with Gasteiger partial charge in [-0.3, -0.25) is 9.78 Å². The van der Waals surface area contributed by atoms with Gasteiger partial charge in [-0.2, -0.15) is 0 Å². The van der Waals surface area contributed by atoms with E-state index in [0.717, 1.165) is 24.3 Å². The first-order chi connectivity index (χ1) is 7.68. The summed E-state index contributed by atoms with van der Waals surface area (Å²) in [6, 6.07) is 4.24. The predicted molar refractivity (Wildman–Crippen MR) is 62.1 cm³/mol. The molecule has 1 aromatic heterocycles. The number of nitrogens with zero attached hydrogens (tertiary/aromatic N) is 2. The molecular weight excluding hydrogens is 202 g/mol. The number of pyridine rings is 1. The molecule has 1 aliphatic heterocycles. The van der Waals surface area contributed by atoms with Crippen LogP contribution in [0.15, 0.2) is 18.3 Å². The summed E-state index contributed by atoms with van der Waals surface area (Å²) in [5, 5.41) is 3.16. The van der Waals surface area contributed by atoms with Crippen LogP contribution >= 0.6 is 0 Å². The average molecular weight is 219 g/mol. The van der Waals surface area contributed by atoms with Gasteiger partial charge in [-0.05, 0) is 18.6 Å². The third-order valence-electron chi connectivity index (χ3n) is 3.14. The van der Waals surface area contributed by atoms with E-state index in [-0.39, 0.29) is 5.91 Å². The van der Waals surface area contributed by atoms with Crippen molar-refractivity contribution in [2.24, 2.45) is 0 Å². The first kappa shape index (κ1) is 11.1. The summed E-state index contributed by atoms with van der Waals surface area (Å²) in [6.45, 7) is 3.80. The zero-order valence-electron chi connectivity index (χ0n) is 9.73. The smallest absolute Gasteiger partial charge is 0.228 e. The van der Waals surface area contributed by atoms with Crippen LogP contribution in [-0.4, -0.2) is 42.0 Å². The highest BCUT2D eigenvalue weighted by atomic mass is 16.2. The minimum Gasteiger partial charge on any atom is -0.340 e. The molecule has 86 valence electrons. The Bertz CT molecular complexity index is 388. The number of aromatic nitrogens is 1. The molecule has 1 saturated heterocycles. The van der Waals surface area contributed by atoms with E-state index in [0.29, 0.717) is 12.5 Å². The molecular formula is C12H17N3O. The van der Waals surface area contributed by atoms with E-state index in [2.05, 4.69) is 10.3 Å². The third-order valence-corrected chi connectivity index (χ3v) is 3.14. The molecule has 2 rings (SSSR count). The fourth-order valence-corrected chi connectivity index (χ4v) is 1.72. The molecule has 4 nitrogen and oxygen atoms in total. The molecule has 0 unspecified atom stereocenters. The van der Waals surface area contributed by atoms with Gasteiger partial charge in [-0.25, -0.2) is 0 Å². The molecule has 0 atom stereocenters. The van der Waals surface area contributed by atoms with Gasteiger partial charge in [-0.1, -0.05) is 6.07 Å². The van der Waals surface area contributed by atoms with Crippen LogP contribution in [0, 0.1) is 6.92 Å². The zero-order chi connectivity index (χ0) is 11.5. The fraction of sp³-hybridized carbons (Fsp3) is 0.500. The molecule has 0 radical (unpaired) electrons. The van der Waals surface area contributed by atoms with Crippen molar-refractivity contribution in [3.63, 3.8) is 0 Å². The summed E-state index contributed by atoms with van der Waals surface area (Å²) in [5.74, 6) is 0.147. The summed E-state index contributed by atoms with van der Waals surface area (Å²) in [6.07, 6.45) is 2.14. The maximum absolute atomic E-state index is 12.0. The molecule has 1 fully saturated rings. The predicted octanol–water partition coefficient (Wildman–Crippen LogP) is 0.363.